The lowest BCUT2D eigenvalue weighted by molar-refractivity contribution is -0.117. The smallest absolute Gasteiger partial charge is 0.365 e. The number of hydrogen-bond donors (Lipinski definition) is 1. The molecule has 1 heterocycles. The number of carbonyl (C=O) groups is 1. The van der Waals surface area contributed by atoms with Crippen LogP contribution in [0.3, 0.4) is 0 Å². The quantitative estimate of drug-likeness (QED) is 0.752. The monoisotopic (exact) mass is 364 g/mol. The maximum absolute atomic E-state index is 12.2. The number of ether oxygens (including phenoxy) is 1. The van der Waals surface area contributed by atoms with E-state index < -0.39 is 5.69 Å². The predicted molar refractivity (Wildman–Crippen MR) is 103 cm³/mol. The van der Waals surface area contributed by atoms with Gasteiger partial charge >= 0.3 is 5.69 Å². The van der Waals surface area contributed by atoms with Gasteiger partial charge in [-0.3, -0.25) is 4.79 Å². The number of aryl methyl sites for hydroxylation is 2. The van der Waals surface area contributed by atoms with Gasteiger partial charge < -0.3 is 10.1 Å². The average molecular weight is 364 g/mol. The number of nitrogens with one attached hydrogen (secondary N) is 1. The summed E-state index contributed by atoms with van der Waals surface area (Å²) in [6.45, 7) is 3.69. The molecular formula is C20H20N4O3. The van der Waals surface area contributed by atoms with E-state index in [1.165, 1.54) is 6.20 Å². The Labute approximate surface area is 156 Å². The number of nitrogens with zero attached hydrogens (tertiary/aromatic N) is 3. The number of amides is 1. The van der Waals surface area contributed by atoms with Crippen LogP contribution >= 0.6 is 0 Å². The summed E-state index contributed by atoms with van der Waals surface area (Å²) in [6.07, 6.45) is 1.47. The zero-order valence-corrected chi connectivity index (χ0v) is 15.4. The molecule has 0 radical (unpaired) electrons. The summed E-state index contributed by atoms with van der Waals surface area (Å²) in [7, 11) is 1.58. The highest BCUT2D eigenvalue weighted by Crippen LogP contribution is 2.19. The summed E-state index contributed by atoms with van der Waals surface area (Å²) in [5.41, 5.74) is 3.37. The number of aromatic nitrogens is 3. The molecule has 0 unspecified atom stereocenters. The summed E-state index contributed by atoms with van der Waals surface area (Å²) in [5, 5.41) is 6.86. The molecule has 2 aromatic carbocycles. The van der Waals surface area contributed by atoms with Crippen LogP contribution in [0.2, 0.25) is 0 Å². The highest BCUT2D eigenvalue weighted by molar-refractivity contribution is 5.91. The second-order valence-corrected chi connectivity index (χ2v) is 6.18. The highest BCUT2D eigenvalue weighted by Gasteiger charge is 2.10. The van der Waals surface area contributed by atoms with Gasteiger partial charge in [0.25, 0.3) is 0 Å². The molecule has 3 rings (SSSR count). The lowest BCUT2D eigenvalue weighted by Gasteiger charge is -2.10. The van der Waals surface area contributed by atoms with E-state index >= 15 is 0 Å². The van der Waals surface area contributed by atoms with Gasteiger partial charge in [-0.15, -0.1) is 0 Å². The van der Waals surface area contributed by atoms with Crippen molar-refractivity contribution in [3.8, 4) is 17.0 Å². The molecule has 1 aromatic heterocycles. The van der Waals surface area contributed by atoms with Crippen LogP contribution in [-0.2, 0) is 11.3 Å². The first-order valence-corrected chi connectivity index (χ1v) is 8.42. The number of rotatable bonds is 5. The third-order valence-electron chi connectivity index (χ3n) is 4.09. The zero-order valence-electron chi connectivity index (χ0n) is 15.4. The predicted octanol–water partition coefficient (Wildman–Crippen LogP) is 2.57. The highest BCUT2D eigenvalue weighted by atomic mass is 16.5. The van der Waals surface area contributed by atoms with Gasteiger partial charge in [0.2, 0.25) is 5.91 Å². The van der Waals surface area contributed by atoms with Crippen LogP contribution in [0.25, 0.3) is 11.3 Å². The molecule has 3 aromatic rings. The van der Waals surface area contributed by atoms with Gasteiger partial charge in [0.15, 0.2) is 0 Å². The number of benzene rings is 2. The first kappa shape index (κ1) is 18.3. The van der Waals surface area contributed by atoms with E-state index in [1.807, 2.05) is 32.0 Å². The third-order valence-corrected chi connectivity index (χ3v) is 4.09. The molecular weight excluding hydrogens is 344 g/mol. The minimum Gasteiger partial charge on any atom is -0.497 e. The Hall–Kier alpha value is -3.48. The fourth-order valence-electron chi connectivity index (χ4n) is 2.65. The second-order valence-electron chi connectivity index (χ2n) is 6.18. The van der Waals surface area contributed by atoms with E-state index in [0.29, 0.717) is 17.1 Å². The Bertz CT molecular complexity index is 1030. The summed E-state index contributed by atoms with van der Waals surface area (Å²) < 4.78 is 6.14. The Morgan fingerprint density at radius 2 is 1.89 bits per heavy atom. The van der Waals surface area contributed by atoms with Crippen LogP contribution in [0.1, 0.15) is 11.1 Å². The molecule has 0 aliphatic heterocycles. The molecule has 0 fully saturated rings. The van der Waals surface area contributed by atoms with E-state index in [0.717, 1.165) is 21.4 Å². The Kier molecular flexibility index (Phi) is 5.30. The molecule has 0 spiro atoms. The van der Waals surface area contributed by atoms with Crippen molar-refractivity contribution in [1.29, 1.82) is 0 Å². The molecule has 0 saturated heterocycles. The van der Waals surface area contributed by atoms with E-state index in [-0.39, 0.29) is 12.5 Å². The Balaban J connectivity index is 1.73. The van der Waals surface area contributed by atoms with Crippen molar-refractivity contribution in [2.75, 3.05) is 12.4 Å². The first-order valence-electron chi connectivity index (χ1n) is 8.42. The number of methoxy groups -OCH3 is 1. The normalized spacial score (nSPS) is 10.5. The van der Waals surface area contributed by atoms with Crippen molar-refractivity contribution in [3.63, 3.8) is 0 Å². The summed E-state index contributed by atoms with van der Waals surface area (Å²) >= 11 is 0. The number of hydrogen-bond acceptors (Lipinski definition) is 5. The van der Waals surface area contributed by atoms with Crippen LogP contribution in [0.5, 0.6) is 5.75 Å². The van der Waals surface area contributed by atoms with Crippen LogP contribution in [0.15, 0.2) is 53.5 Å². The first-order chi connectivity index (χ1) is 13.0. The van der Waals surface area contributed by atoms with Crippen molar-refractivity contribution in [3.05, 3.63) is 70.3 Å². The molecule has 0 atom stereocenters. The van der Waals surface area contributed by atoms with Crippen molar-refractivity contribution in [1.82, 2.24) is 14.8 Å². The number of carbonyl (C=O) groups excluding carboxylic acids is 1. The van der Waals surface area contributed by atoms with Crippen LogP contribution in [0, 0.1) is 13.8 Å². The van der Waals surface area contributed by atoms with Gasteiger partial charge in [-0.25, -0.2) is 9.48 Å². The van der Waals surface area contributed by atoms with Gasteiger partial charge in [-0.05, 0) is 49.7 Å². The van der Waals surface area contributed by atoms with Gasteiger partial charge in [0, 0.05) is 11.3 Å². The molecule has 1 amide bonds. The van der Waals surface area contributed by atoms with E-state index in [4.69, 9.17) is 4.74 Å². The van der Waals surface area contributed by atoms with Crippen LogP contribution < -0.4 is 15.7 Å². The largest absolute Gasteiger partial charge is 0.497 e. The van der Waals surface area contributed by atoms with E-state index in [2.05, 4.69) is 15.4 Å². The Morgan fingerprint density at radius 1 is 1.15 bits per heavy atom. The van der Waals surface area contributed by atoms with Crippen LogP contribution in [0.4, 0.5) is 5.69 Å². The molecule has 0 aliphatic carbocycles. The van der Waals surface area contributed by atoms with Gasteiger partial charge in [0.1, 0.15) is 12.3 Å². The lowest BCUT2D eigenvalue weighted by atomic mass is 10.1. The summed E-state index contributed by atoms with van der Waals surface area (Å²) in [5.74, 6) is 0.374. The van der Waals surface area contributed by atoms with Gasteiger partial charge in [-0.1, -0.05) is 17.7 Å². The molecule has 7 nitrogen and oxygen atoms in total. The van der Waals surface area contributed by atoms with Crippen molar-refractivity contribution >= 4 is 11.6 Å². The zero-order chi connectivity index (χ0) is 19.4. The molecule has 0 aliphatic rings. The fraction of sp³-hybridized carbons (Fsp3) is 0.200. The fourth-order valence-corrected chi connectivity index (χ4v) is 2.65. The minimum absolute atomic E-state index is 0.206. The summed E-state index contributed by atoms with van der Waals surface area (Å²) in [4.78, 5) is 28.5. The van der Waals surface area contributed by atoms with E-state index in [9.17, 15) is 9.59 Å². The van der Waals surface area contributed by atoms with Gasteiger partial charge in [-0.2, -0.15) is 10.1 Å². The molecule has 138 valence electrons. The lowest BCUT2D eigenvalue weighted by Crippen LogP contribution is -2.31. The maximum atomic E-state index is 12.2. The topological polar surface area (TPSA) is 86.1 Å². The van der Waals surface area contributed by atoms with Crippen molar-refractivity contribution in [2.24, 2.45) is 0 Å². The van der Waals surface area contributed by atoms with E-state index in [1.54, 1.807) is 31.4 Å². The average Bonchev–Trinajstić information content (AvgIpc) is 2.66. The molecule has 0 bridgehead atoms. The van der Waals surface area contributed by atoms with Crippen molar-refractivity contribution < 1.29 is 9.53 Å². The molecule has 7 heteroatoms. The summed E-state index contributed by atoms with van der Waals surface area (Å²) in [6, 6.07) is 12.9. The Morgan fingerprint density at radius 3 is 2.52 bits per heavy atom. The second kappa shape index (κ2) is 7.82. The third kappa shape index (κ3) is 4.38. The molecule has 1 N–H and O–H groups in total. The molecule has 27 heavy (non-hydrogen) atoms. The minimum atomic E-state index is -0.584. The standard InChI is InChI=1S/C20H20N4O3/c1-13-4-9-17(14(2)10-13)22-19(25)12-24-20(26)23-18(11-21-24)15-5-7-16(27-3)8-6-15/h4-11H,12H2,1-3H3,(H,22,25). The maximum Gasteiger partial charge on any atom is 0.365 e. The SMILES string of the molecule is COc1ccc(-c2cnn(CC(=O)Nc3ccc(C)cc3C)c(=O)n2)cc1. The van der Waals surface area contributed by atoms with Crippen molar-refractivity contribution in [2.45, 2.75) is 20.4 Å². The number of anilines is 1. The van der Waals surface area contributed by atoms with Crippen LogP contribution in [-0.4, -0.2) is 27.8 Å². The molecule has 0 saturated carbocycles. The van der Waals surface area contributed by atoms with Gasteiger partial charge in [0.05, 0.1) is 19.0 Å².